The molecule has 27 heavy (non-hydrogen) atoms. The highest BCUT2D eigenvalue weighted by atomic mass is 16.2. The summed E-state index contributed by atoms with van der Waals surface area (Å²) < 4.78 is 1.82. The highest BCUT2D eigenvalue weighted by Crippen LogP contribution is 2.12. The highest BCUT2D eigenvalue weighted by molar-refractivity contribution is 5.97. The molecule has 0 saturated carbocycles. The van der Waals surface area contributed by atoms with Crippen LogP contribution in [0.15, 0.2) is 48.7 Å². The summed E-state index contributed by atoms with van der Waals surface area (Å²) in [5, 5.41) is 10.9. The van der Waals surface area contributed by atoms with Crippen LogP contribution in [0, 0.1) is 5.92 Å². The monoisotopic (exact) mass is 364 g/mol. The molecule has 0 fully saturated rings. The zero-order chi connectivity index (χ0) is 19.2. The predicted octanol–water partition coefficient (Wildman–Crippen LogP) is 3.21. The number of ketones is 1. The molecule has 0 saturated heterocycles. The van der Waals surface area contributed by atoms with E-state index in [1.165, 1.54) is 5.56 Å². The highest BCUT2D eigenvalue weighted by Gasteiger charge is 2.11. The Morgan fingerprint density at radius 1 is 1.04 bits per heavy atom. The summed E-state index contributed by atoms with van der Waals surface area (Å²) in [5.74, 6) is 1.05. The number of carbonyl (C=O) groups excluding carboxylic acids is 2. The summed E-state index contributed by atoms with van der Waals surface area (Å²) in [4.78, 5) is 24.3. The summed E-state index contributed by atoms with van der Waals surface area (Å²) in [6, 6.07) is 13.3. The van der Waals surface area contributed by atoms with Gasteiger partial charge in [0.2, 0.25) is 5.91 Å². The van der Waals surface area contributed by atoms with Gasteiger partial charge in [0.25, 0.3) is 0 Å². The molecule has 1 aromatic carbocycles. The number of rotatable bonds is 8. The van der Waals surface area contributed by atoms with E-state index >= 15 is 0 Å². The van der Waals surface area contributed by atoms with Gasteiger partial charge in [-0.05, 0) is 30.0 Å². The first-order valence-electron chi connectivity index (χ1n) is 9.20. The van der Waals surface area contributed by atoms with Crippen molar-refractivity contribution in [2.24, 2.45) is 5.92 Å². The van der Waals surface area contributed by atoms with Gasteiger partial charge in [0.05, 0.1) is 6.54 Å². The van der Waals surface area contributed by atoms with Gasteiger partial charge in [-0.25, -0.2) is 0 Å². The van der Waals surface area contributed by atoms with Gasteiger partial charge in [-0.15, -0.1) is 10.2 Å². The molecule has 3 aromatic rings. The Kier molecular flexibility index (Phi) is 5.96. The average Bonchev–Trinajstić information content (AvgIpc) is 3.08. The molecule has 2 aromatic heterocycles. The van der Waals surface area contributed by atoms with Gasteiger partial charge in [-0.3, -0.25) is 14.0 Å². The Hall–Kier alpha value is -3.02. The van der Waals surface area contributed by atoms with E-state index in [-0.39, 0.29) is 31.1 Å². The van der Waals surface area contributed by atoms with Crippen LogP contribution >= 0.6 is 0 Å². The fraction of sp³-hybridized carbons (Fsp3) is 0.333. The lowest BCUT2D eigenvalue weighted by Crippen LogP contribution is -2.24. The van der Waals surface area contributed by atoms with E-state index in [0.717, 1.165) is 12.1 Å². The molecule has 0 spiro atoms. The number of benzene rings is 1. The number of nitrogens with zero attached hydrogens (tertiary/aromatic N) is 3. The zero-order valence-corrected chi connectivity index (χ0v) is 15.7. The second-order valence-corrected chi connectivity index (χ2v) is 7.04. The van der Waals surface area contributed by atoms with Gasteiger partial charge in [0.15, 0.2) is 17.3 Å². The molecule has 6 nitrogen and oxygen atoms in total. The second kappa shape index (κ2) is 8.58. The number of hydrogen-bond acceptors (Lipinski definition) is 4. The van der Waals surface area contributed by atoms with Crippen LogP contribution in [-0.2, 0) is 17.8 Å². The summed E-state index contributed by atoms with van der Waals surface area (Å²) in [7, 11) is 0. The summed E-state index contributed by atoms with van der Waals surface area (Å²) in [6.07, 6.45) is 3.19. The Morgan fingerprint density at radius 3 is 2.56 bits per heavy atom. The van der Waals surface area contributed by atoms with E-state index in [2.05, 4.69) is 29.4 Å². The van der Waals surface area contributed by atoms with Gasteiger partial charge >= 0.3 is 0 Å². The zero-order valence-electron chi connectivity index (χ0n) is 15.7. The molecule has 0 unspecified atom stereocenters. The molecule has 0 aliphatic heterocycles. The van der Waals surface area contributed by atoms with Crippen LogP contribution in [0.4, 0.5) is 0 Å². The van der Waals surface area contributed by atoms with Crippen LogP contribution in [0.3, 0.4) is 0 Å². The second-order valence-electron chi connectivity index (χ2n) is 7.04. The minimum atomic E-state index is -0.174. The number of carbonyl (C=O) groups is 2. The summed E-state index contributed by atoms with van der Waals surface area (Å²) in [6.45, 7) is 4.61. The summed E-state index contributed by atoms with van der Waals surface area (Å²) in [5.41, 5.74) is 2.61. The quantitative estimate of drug-likeness (QED) is 0.623. The van der Waals surface area contributed by atoms with Gasteiger partial charge < -0.3 is 5.32 Å². The maximum absolute atomic E-state index is 12.3. The van der Waals surface area contributed by atoms with Crippen molar-refractivity contribution in [3.63, 3.8) is 0 Å². The molecular formula is C21H24N4O2. The number of Topliss-reactive ketones (excluding diaryl/α,β-unsaturated/α-hetero) is 1. The Balaban J connectivity index is 1.48. The first kappa shape index (κ1) is 18.8. The number of amides is 1. The first-order chi connectivity index (χ1) is 13.0. The van der Waals surface area contributed by atoms with Crippen molar-refractivity contribution in [3.05, 3.63) is 65.6 Å². The van der Waals surface area contributed by atoms with Crippen LogP contribution in [-0.4, -0.2) is 26.3 Å². The number of nitrogens with one attached hydrogen (secondary N) is 1. The van der Waals surface area contributed by atoms with Gasteiger partial charge in [-0.2, -0.15) is 0 Å². The molecule has 140 valence electrons. The van der Waals surface area contributed by atoms with E-state index in [9.17, 15) is 9.59 Å². The SMILES string of the molecule is CC(C)Cc1ccc(C(=O)CCC(=O)NCc2nnc3ccccn23)cc1. The van der Waals surface area contributed by atoms with Crippen molar-refractivity contribution < 1.29 is 9.59 Å². The fourth-order valence-electron chi connectivity index (χ4n) is 2.95. The first-order valence-corrected chi connectivity index (χ1v) is 9.20. The molecule has 2 heterocycles. The minimum Gasteiger partial charge on any atom is -0.349 e. The van der Waals surface area contributed by atoms with Crippen molar-refractivity contribution in [1.82, 2.24) is 19.9 Å². The Bertz CT molecular complexity index is 929. The normalized spacial score (nSPS) is 11.1. The largest absolute Gasteiger partial charge is 0.349 e. The van der Waals surface area contributed by atoms with Crippen LogP contribution in [0.25, 0.3) is 5.65 Å². The van der Waals surface area contributed by atoms with Crippen LogP contribution in [0.2, 0.25) is 0 Å². The predicted molar refractivity (Wildman–Crippen MR) is 103 cm³/mol. The Morgan fingerprint density at radius 2 is 1.81 bits per heavy atom. The van der Waals surface area contributed by atoms with E-state index in [1.54, 1.807) is 0 Å². The van der Waals surface area contributed by atoms with Crippen LogP contribution in [0.5, 0.6) is 0 Å². The molecule has 1 amide bonds. The third-order valence-corrected chi connectivity index (χ3v) is 4.33. The maximum atomic E-state index is 12.3. The minimum absolute atomic E-state index is 0.0193. The van der Waals surface area contributed by atoms with Crippen molar-refractivity contribution >= 4 is 17.3 Å². The van der Waals surface area contributed by atoms with E-state index in [1.807, 2.05) is 53.1 Å². The standard InChI is InChI=1S/C21H24N4O2/c1-15(2)13-16-6-8-17(9-7-16)18(26)10-11-21(27)22-14-20-24-23-19-5-3-4-12-25(19)20/h3-9,12,15H,10-11,13-14H2,1-2H3,(H,22,27). The van der Waals surface area contributed by atoms with Crippen molar-refractivity contribution in [2.75, 3.05) is 0 Å². The van der Waals surface area contributed by atoms with Gasteiger partial charge in [-0.1, -0.05) is 44.2 Å². The van der Waals surface area contributed by atoms with Crippen molar-refractivity contribution in [2.45, 2.75) is 39.7 Å². The van der Waals surface area contributed by atoms with Crippen LogP contribution in [0.1, 0.15) is 48.4 Å². The van der Waals surface area contributed by atoms with Gasteiger partial charge in [0.1, 0.15) is 0 Å². The lowest BCUT2D eigenvalue weighted by atomic mass is 9.99. The molecule has 0 aliphatic rings. The van der Waals surface area contributed by atoms with Crippen LogP contribution < -0.4 is 5.32 Å². The Labute approximate surface area is 158 Å². The third-order valence-electron chi connectivity index (χ3n) is 4.33. The molecule has 0 atom stereocenters. The van der Waals surface area contributed by atoms with E-state index < -0.39 is 0 Å². The molecule has 6 heteroatoms. The topological polar surface area (TPSA) is 76.4 Å². The average molecular weight is 364 g/mol. The fourth-order valence-corrected chi connectivity index (χ4v) is 2.95. The summed E-state index contributed by atoms with van der Waals surface area (Å²) >= 11 is 0. The van der Waals surface area contributed by atoms with Crippen molar-refractivity contribution in [3.8, 4) is 0 Å². The lowest BCUT2D eigenvalue weighted by molar-refractivity contribution is -0.121. The molecule has 0 radical (unpaired) electrons. The third kappa shape index (κ3) is 5.00. The van der Waals surface area contributed by atoms with Crippen molar-refractivity contribution in [1.29, 1.82) is 0 Å². The number of fused-ring (bicyclic) bond motifs is 1. The molecule has 3 rings (SSSR count). The molecule has 0 aliphatic carbocycles. The number of hydrogen-bond donors (Lipinski definition) is 1. The maximum Gasteiger partial charge on any atom is 0.220 e. The van der Waals surface area contributed by atoms with E-state index in [0.29, 0.717) is 17.3 Å². The molecule has 1 N–H and O–H groups in total. The molecular weight excluding hydrogens is 340 g/mol. The van der Waals surface area contributed by atoms with E-state index in [4.69, 9.17) is 0 Å². The number of aromatic nitrogens is 3. The molecule has 0 bridgehead atoms. The lowest BCUT2D eigenvalue weighted by Gasteiger charge is -2.07. The van der Waals surface area contributed by atoms with Gasteiger partial charge in [0, 0.05) is 24.6 Å². The number of pyridine rings is 1. The smallest absolute Gasteiger partial charge is 0.220 e.